The van der Waals surface area contributed by atoms with Crippen LogP contribution in [-0.4, -0.2) is 36.1 Å². The maximum absolute atomic E-state index is 9.47. The number of hydrogen-bond acceptors (Lipinski definition) is 4. The van der Waals surface area contributed by atoms with Crippen molar-refractivity contribution in [3.8, 4) is 5.75 Å². The van der Waals surface area contributed by atoms with Gasteiger partial charge >= 0.3 is 0 Å². The Kier molecular flexibility index (Phi) is 6.51. The molecular weight excluding hydrogens is 216 g/mol. The Balaban J connectivity index is 2.24. The maximum Gasteiger partial charge on any atom is 0.124 e. The van der Waals surface area contributed by atoms with Gasteiger partial charge in [0.15, 0.2) is 0 Å². The predicted octanol–water partition coefficient (Wildman–Crippen LogP) is 1.30. The summed E-state index contributed by atoms with van der Waals surface area (Å²) in [7, 11) is 0. The van der Waals surface area contributed by atoms with Gasteiger partial charge in [0.2, 0.25) is 0 Å². The van der Waals surface area contributed by atoms with Crippen molar-refractivity contribution in [1.29, 1.82) is 0 Å². The molecule has 4 nitrogen and oxygen atoms in total. The molecule has 0 saturated heterocycles. The van der Waals surface area contributed by atoms with Gasteiger partial charge in [-0.1, -0.05) is 12.1 Å². The minimum absolute atomic E-state index is 0.201. The average molecular weight is 234 g/mol. The Morgan fingerprint density at radius 3 is 2.88 bits per heavy atom. The van der Waals surface area contributed by atoms with Crippen LogP contribution in [-0.2, 0) is 0 Å². The monoisotopic (exact) mass is 234 g/mol. The smallest absolute Gasteiger partial charge is 0.124 e. The van der Waals surface area contributed by atoms with Crippen molar-refractivity contribution in [3.05, 3.63) is 42.1 Å². The van der Waals surface area contributed by atoms with E-state index in [2.05, 4.69) is 10.3 Å². The second-order valence-corrected chi connectivity index (χ2v) is 3.49. The van der Waals surface area contributed by atoms with Crippen LogP contribution < -0.4 is 5.32 Å². The van der Waals surface area contributed by atoms with Crippen LogP contribution in [0.5, 0.6) is 5.75 Å². The number of hydrogen-bond donors (Lipinski definition) is 3. The summed E-state index contributed by atoms with van der Waals surface area (Å²) in [5, 5.41) is 21.0. The van der Waals surface area contributed by atoms with Gasteiger partial charge in [0.05, 0.1) is 6.54 Å². The van der Waals surface area contributed by atoms with Crippen LogP contribution in [0.15, 0.2) is 41.5 Å². The highest BCUT2D eigenvalue weighted by Crippen LogP contribution is 2.12. The molecule has 0 heterocycles. The lowest BCUT2D eigenvalue weighted by Gasteiger charge is -1.97. The lowest BCUT2D eigenvalue weighted by molar-refractivity contribution is 0.288. The van der Waals surface area contributed by atoms with Gasteiger partial charge in [0.25, 0.3) is 0 Å². The van der Waals surface area contributed by atoms with Crippen LogP contribution in [0.4, 0.5) is 0 Å². The molecule has 17 heavy (non-hydrogen) atoms. The molecular formula is C13H18N2O2. The summed E-state index contributed by atoms with van der Waals surface area (Å²) >= 11 is 0. The second-order valence-electron chi connectivity index (χ2n) is 3.49. The van der Waals surface area contributed by atoms with E-state index in [9.17, 15) is 5.11 Å². The topological polar surface area (TPSA) is 64.8 Å². The summed E-state index contributed by atoms with van der Waals surface area (Å²) in [5.74, 6) is 0.237. The van der Waals surface area contributed by atoms with E-state index in [-0.39, 0.29) is 12.4 Å². The first-order valence-electron chi connectivity index (χ1n) is 5.61. The number of aliphatic imine (C=N–C) groups is 1. The zero-order chi connectivity index (χ0) is 12.3. The molecule has 1 aromatic rings. The molecule has 0 unspecified atom stereocenters. The molecule has 0 aliphatic carbocycles. The van der Waals surface area contributed by atoms with Crippen LogP contribution in [0, 0.1) is 0 Å². The van der Waals surface area contributed by atoms with Gasteiger partial charge in [-0.2, -0.15) is 0 Å². The first-order valence-corrected chi connectivity index (χ1v) is 5.61. The van der Waals surface area contributed by atoms with Crippen LogP contribution in [0.1, 0.15) is 12.0 Å². The predicted molar refractivity (Wildman–Crippen MR) is 69.4 cm³/mol. The third kappa shape index (κ3) is 5.73. The fraction of sp³-hybridized carbons (Fsp3) is 0.308. The molecule has 1 aromatic carbocycles. The molecule has 1 rings (SSSR count). The molecule has 0 radical (unpaired) electrons. The highest BCUT2D eigenvalue weighted by atomic mass is 16.3. The molecule has 0 saturated carbocycles. The Morgan fingerprint density at radius 2 is 2.12 bits per heavy atom. The van der Waals surface area contributed by atoms with E-state index in [1.54, 1.807) is 18.3 Å². The van der Waals surface area contributed by atoms with Crippen LogP contribution in [0.3, 0.4) is 0 Å². The fourth-order valence-corrected chi connectivity index (χ4v) is 1.21. The molecule has 0 fully saturated rings. The Labute approximate surface area is 101 Å². The fourth-order valence-electron chi connectivity index (χ4n) is 1.21. The van der Waals surface area contributed by atoms with Crippen molar-refractivity contribution in [2.24, 2.45) is 4.99 Å². The van der Waals surface area contributed by atoms with E-state index in [1.165, 1.54) is 0 Å². The summed E-state index contributed by atoms with van der Waals surface area (Å²) in [4.78, 5) is 4.16. The zero-order valence-corrected chi connectivity index (χ0v) is 9.71. The lowest BCUT2D eigenvalue weighted by atomic mass is 10.2. The molecule has 0 aliphatic heterocycles. The molecule has 0 aromatic heterocycles. The Hall–Kier alpha value is -1.81. The Morgan fingerprint density at radius 1 is 1.29 bits per heavy atom. The minimum atomic E-state index is 0.201. The molecule has 0 amide bonds. The van der Waals surface area contributed by atoms with E-state index in [0.717, 1.165) is 13.0 Å². The van der Waals surface area contributed by atoms with Gasteiger partial charge in [0.1, 0.15) is 5.75 Å². The SMILES string of the molecule is OCCCNC=CCN=Cc1ccccc1O. The third-order valence-corrected chi connectivity index (χ3v) is 2.09. The second kappa shape index (κ2) is 8.35. The summed E-state index contributed by atoms with van der Waals surface area (Å²) in [6.07, 6.45) is 6.09. The molecule has 0 atom stereocenters. The highest BCUT2D eigenvalue weighted by molar-refractivity contribution is 5.83. The number of nitrogens with one attached hydrogen (secondary N) is 1. The summed E-state index contributed by atoms with van der Waals surface area (Å²) < 4.78 is 0. The van der Waals surface area contributed by atoms with Crippen LogP contribution in [0.25, 0.3) is 0 Å². The number of aliphatic hydroxyl groups excluding tert-OH is 1. The summed E-state index contributed by atoms with van der Waals surface area (Å²) in [5.41, 5.74) is 0.717. The quantitative estimate of drug-likeness (QED) is 0.492. The van der Waals surface area contributed by atoms with Crippen molar-refractivity contribution in [2.45, 2.75) is 6.42 Å². The maximum atomic E-state index is 9.47. The largest absolute Gasteiger partial charge is 0.507 e. The molecule has 0 spiro atoms. The molecule has 3 N–H and O–H groups in total. The number of nitrogens with zero attached hydrogens (tertiary/aromatic N) is 1. The number of rotatable bonds is 7. The normalized spacial score (nSPS) is 11.4. The Bertz CT molecular complexity index is 375. The van der Waals surface area contributed by atoms with Gasteiger partial charge in [-0.3, -0.25) is 4.99 Å². The molecule has 92 valence electrons. The number of para-hydroxylation sites is 1. The van der Waals surface area contributed by atoms with E-state index in [4.69, 9.17) is 5.11 Å². The van der Waals surface area contributed by atoms with Gasteiger partial charge in [-0.25, -0.2) is 0 Å². The summed E-state index contributed by atoms with van der Waals surface area (Å²) in [6.45, 7) is 1.52. The van der Waals surface area contributed by atoms with Gasteiger partial charge < -0.3 is 15.5 Å². The van der Waals surface area contributed by atoms with E-state index in [1.807, 2.05) is 24.4 Å². The van der Waals surface area contributed by atoms with Crippen molar-refractivity contribution in [2.75, 3.05) is 19.7 Å². The first-order chi connectivity index (χ1) is 8.34. The van der Waals surface area contributed by atoms with E-state index < -0.39 is 0 Å². The van der Waals surface area contributed by atoms with Crippen molar-refractivity contribution in [1.82, 2.24) is 5.32 Å². The molecule has 0 bridgehead atoms. The number of phenols is 1. The third-order valence-electron chi connectivity index (χ3n) is 2.09. The van der Waals surface area contributed by atoms with Gasteiger partial charge in [0, 0.05) is 24.9 Å². The first kappa shape index (κ1) is 13.3. The van der Waals surface area contributed by atoms with Crippen molar-refractivity contribution < 1.29 is 10.2 Å². The molecule has 4 heteroatoms. The lowest BCUT2D eigenvalue weighted by Crippen LogP contribution is -2.08. The van der Waals surface area contributed by atoms with E-state index >= 15 is 0 Å². The standard InChI is InChI=1S/C13H18N2O2/c16-10-4-9-14-7-3-8-15-11-12-5-1-2-6-13(12)17/h1-3,5-7,11,14,16-17H,4,8-10H2. The van der Waals surface area contributed by atoms with Crippen molar-refractivity contribution in [3.63, 3.8) is 0 Å². The number of aliphatic hydroxyl groups is 1. The minimum Gasteiger partial charge on any atom is -0.507 e. The zero-order valence-electron chi connectivity index (χ0n) is 9.71. The van der Waals surface area contributed by atoms with Crippen molar-refractivity contribution >= 4 is 6.21 Å². The molecule has 0 aliphatic rings. The number of aromatic hydroxyl groups is 1. The average Bonchev–Trinajstić information content (AvgIpc) is 2.35. The van der Waals surface area contributed by atoms with E-state index in [0.29, 0.717) is 12.1 Å². The summed E-state index contributed by atoms with van der Waals surface area (Å²) in [6, 6.07) is 7.07. The van der Waals surface area contributed by atoms with Gasteiger partial charge in [-0.05, 0) is 30.8 Å². The van der Waals surface area contributed by atoms with Crippen LogP contribution >= 0.6 is 0 Å². The van der Waals surface area contributed by atoms with Gasteiger partial charge in [-0.15, -0.1) is 0 Å². The number of phenolic OH excluding ortho intramolecular Hbond substituents is 1. The highest BCUT2D eigenvalue weighted by Gasteiger charge is 1.92. The number of benzene rings is 1. The van der Waals surface area contributed by atoms with Crippen LogP contribution in [0.2, 0.25) is 0 Å².